The second kappa shape index (κ2) is 5.12. The van der Waals surface area contributed by atoms with Gasteiger partial charge in [0.15, 0.2) is 0 Å². The van der Waals surface area contributed by atoms with Gasteiger partial charge in [0.05, 0.1) is 11.7 Å². The molecule has 1 saturated heterocycles. The molecule has 3 heterocycles. The van der Waals surface area contributed by atoms with E-state index in [4.69, 9.17) is 0 Å². The highest BCUT2D eigenvalue weighted by Crippen LogP contribution is 2.32. The number of nitrogens with zero attached hydrogens (tertiary/aromatic N) is 3. The minimum atomic E-state index is -0.147. The standard InChI is InChI=1S/C16H18N4O2/c21-15-8-11(10-19(15)12-4-5-12)9-17-16(22)14-3-1-2-13-6-7-18-20(13)14/h1-3,6-7,11-12H,4-5,8-10H2,(H,17,22). The van der Waals surface area contributed by atoms with E-state index in [1.165, 1.54) is 0 Å². The van der Waals surface area contributed by atoms with E-state index >= 15 is 0 Å². The molecule has 2 aromatic heterocycles. The third kappa shape index (κ3) is 2.34. The van der Waals surface area contributed by atoms with Gasteiger partial charge in [-0.25, -0.2) is 4.52 Å². The second-order valence-electron chi connectivity index (χ2n) is 6.14. The van der Waals surface area contributed by atoms with E-state index in [0.29, 0.717) is 24.7 Å². The fourth-order valence-corrected chi connectivity index (χ4v) is 3.13. The highest BCUT2D eigenvalue weighted by atomic mass is 16.2. The van der Waals surface area contributed by atoms with Gasteiger partial charge in [-0.1, -0.05) is 6.07 Å². The zero-order valence-corrected chi connectivity index (χ0v) is 12.2. The maximum absolute atomic E-state index is 12.4. The highest BCUT2D eigenvalue weighted by Gasteiger charge is 2.39. The number of rotatable bonds is 4. The van der Waals surface area contributed by atoms with Crippen LogP contribution in [-0.4, -0.2) is 45.5 Å². The van der Waals surface area contributed by atoms with Gasteiger partial charge in [0.25, 0.3) is 5.91 Å². The van der Waals surface area contributed by atoms with Crippen LogP contribution in [0.1, 0.15) is 29.8 Å². The molecule has 0 bridgehead atoms. The summed E-state index contributed by atoms with van der Waals surface area (Å²) >= 11 is 0. The van der Waals surface area contributed by atoms with Crippen LogP contribution < -0.4 is 5.32 Å². The zero-order valence-electron chi connectivity index (χ0n) is 12.2. The number of likely N-dealkylation sites (tertiary alicyclic amines) is 1. The van der Waals surface area contributed by atoms with E-state index in [1.54, 1.807) is 16.8 Å². The number of amides is 2. The number of carbonyl (C=O) groups is 2. The molecule has 6 heteroatoms. The number of pyridine rings is 1. The van der Waals surface area contributed by atoms with Crippen molar-refractivity contribution in [2.45, 2.75) is 25.3 Å². The van der Waals surface area contributed by atoms with E-state index in [0.717, 1.165) is 24.9 Å². The molecule has 1 atom stereocenters. The SMILES string of the molecule is O=C(NCC1CC(=O)N(C2CC2)C1)c1cccc2ccnn12. The summed E-state index contributed by atoms with van der Waals surface area (Å²) in [5.74, 6) is 0.302. The molecule has 0 radical (unpaired) electrons. The molecule has 6 nitrogen and oxygen atoms in total. The van der Waals surface area contributed by atoms with E-state index in [1.807, 2.05) is 23.1 Å². The Balaban J connectivity index is 1.40. The van der Waals surface area contributed by atoms with Crippen LogP contribution in [-0.2, 0) is 4.79 Å². The molecule has 1 unspecified atom stereocenters. The molecular formula is C16H18N4O2. The van der Waals surface area contributed by atoms with Crippen molar-refractivity contribution >= 4 is 17.3 Å². The average molecular weight is 298 g/mol. The first kappa shape index (κ1) is 13.3. The molecule has 2 fully saturated rings. The van der Waals surface area contributed by atoms with Gasteiger partial charge in [0.2, 0.25) is 5.91 Å². The number of aromatic nitrogens is 2. The summed E-state index contributed by atoms with van der Waals surface area (Å²) in [6, 6.07) is 7.84. The Morgan fingerprint density at radius 2 is 2.18 bits per heavy atom. The van der Waals surface area contributed by atoms with Crippen molar-refractivity contribution in [3.05, 3.63) is 36.2 Å². The maximum atomic E-state index is 12.4. The minimum Gasteiger partial charge on any atom is -0.350 e. The number of hydrogen-bond donors (Lipinski definition) is 1. The first-order valence-corrected chi connectivity index (χ1v) is 7.73. The van der Waals surface area contributed by atoms with Crippen molar-refractivity contribution in [1.29, 1.82) is 0 Å². The second-order valence-corrected chi connectivity index (χ2v) is 6.14. The van der Waals surface area contributed by atoms with Crippen molar-refractivity contribution < 1.29 is 9.59 Å². The molecule has 1 saturated carbocycles. The summed E-state index contributed by atoms with van der Waals surface area (Å²) < 4.78 is 1.63. The zero-order chi connectivity index (χ0) is 15.1. The van der Waals surface area contributed by atoms with E-state index in [-0.39, 0.29) is 17.7 Å². The van der Waals surface area contributed by atoms with E-state index in [9.17, 15) is 9.59 Å². The Hall–Kier alpha value is -2.37. The quantitative estimate of drug-likeness (QED) is 0.918. The average Bonchev–Trinajstić information content (AvgIpc) is 3.12. The van der Waals surface area contributed by atoms with E-state index in [2.05, 4.69) is 10.4 Å². The molecule has 1 aliphatic heterocycles. The summed E-state index contributed by atoms with van der Waals surface area (Å²) in [4.78, 5) is 26.2. The first-order chi connectivity index (χ1) is 10.7. The summed E-state index contributed by atoms with van der Waals surface area (Å²) in [6.45, 7) is 1.31. The van der Waals surface area contributed by atoms with Gasteiger partial charge in [-0.15, -0.1) is 0 Å². The smallest absolute Gasteiger partial charge is 0.269 e. The molecule has 2 aliphatic rings. The molecule has 1 aliphatic carbocycles. The van der Waals surface area contributed by atoms with Crippen LogP contribution in [0.3, 0.4) is 0 Å². The van der Waals surface area contributed by atoms with Crippen molar-refractivity contribution in [1.82, 2.24) is 19.8 Å². The fraction of sp³-hybridized carbons (Fsp3) is 0.438. The summed E-state index contributed by atoms with van der Waals surface area (Å²) in [5.41, 5.74) is 1.41. The molecular weight excluding hydrogens is 280 g/mol. The van der Waals surface area contributed by atoms with Crippen LogP contribution >= 0.6 is 0 Å². The Morgan fingerprint density at radius 3 is 3.00 bits per heavy atom. The lowest BCUT2D eigenvalue weighted by Gasteiger charge is -2.15. The van der Waals surface area contributed by atoms with Gasteiger partial charge in [-0.05, 0) is 31.0 Å². The normalized spacial score (nSPS) is 21.5. The molecule has 4 rings (SSSR count). The summed E-state index contributed by atoms with van der Waals surface area (Å²) in [7, 11) is 0. The van der Waals surface area contributed by atoms with Gasteiger partial charge in [-0.2, -0.15) is 5.10 Å². The lowest BCUT2D eigenvalue weighted by molar-refractivity contribution is -0.128. The largest absolute Gasteiger partial charge is 0.350 e. The van der Waals surface area contributed by atoms with Crippen LogP contribution in [0.5, 0.6) is 0 Å². The maximum Gasteiger partial charge on any atom is 0.269 e. The predicted molar refractivity (Wildman–Crippen MR) is 80.4 cm³/mol. The number of fused-ring (bicyclic) bond motifs is 1. The van der Waals surface area contributed by atoms with Gasteiger partial charge in [0.1, 0.15) is 5.69 Å². The number of carbonyl (C=O) groups excluding carboxylic acids is 2. The lowest BCUT2D eigenvalue weighted by atomic mass is 10.1. The van der Waals surface area contributed by atoms with Crippen LogP contribution in [0.2, 0.25) is 0 Å². The fourth-order valence-electron chi connectivity index (χ4n) is 3.13. The molecule has 1 N–H and O–H groups in total. The summed E-state index contributed by atoms with van der Waals surface area (Å²) in [6.07, 6.45) is 4.48. The van der Waals surface area contributed by atoms with Crippen molar-refractivity contribution in [2.75, 3.05) is 13.1 Å². The number of nitrogens with one attached hydrogen (secondary N) is 1. The van der Waals surface area contributed by atoms with Crippen LogP contribution in [0.15, 0.2) is 30.5 Å². The minimum absolute atomic E-state index is 0.147. The molecule has 0 spiro atoms. The van der Waals surface area contributed by atoms with Gasteiger partial charge in [-0.3, -0.25) is 9.59 Å². The van der Waals surface area contributed by atoms with Crippen molar-refractivity contribution in [3.8, 4) is 0 Å². The molecule has 2 aromatic rings. The molecule has 0 aromatic carbocycles. The van der Waals surface area contributed by atoms with Crippen LogP contribution in [0.25, 0.3) is 5.52 Å². The lowest BCUT2D eigenvalue weighted by Crippen LogP contribution is -2.32. The van der Waals surface area contributed by atoms with Crippen LogP contribution in [0.4, 0.5) is 0 Å². The van der Waals surface area contributed by atoms with Crippen molar-refractivity contribution in [2.24, 2.45) is 5.92 Å². The topological polar surface area (TPSA) is 66.7 Å². The van der Waals surface area contributed by atoms with E-state index < -0.39 is 0 Å². The van der Waals surface area contributed by atoms with Crippen LogP contribution in [0, 0.1) is 5.92 Å². The molecule has 22 heavy (non-hydrogen) atoms. The third-order valence-electron chi connectivity index (χ3n) is 4.43. The van der Waals surface area contributed by atoms with Gasteiger partial charge >= 0.3 is 0 Å². The van der Waals surface area contributed by atoms with Gasteiger partial charge < -0.3 is 10.2 Å². The third-order valence-corrected chi connectivity index (χ3v) is 4.43. The van der Waals surface area contributed by atoms with Gasteiger partial charge in [0, 0.05) is 31.5 Å². The predicted octanol–water partition coefficient (Wildman–Crippen LogP) is 1.07. The summed E-state index contributed by atoms with van der Waals surface area (Å²) in [5, 5.41) is 7.11. The first-order valence-electron chi connectivity index (χ1n) is 7.73. The monoisotopic (exact) mass is 298 g/mol. The highest BCUT2D eigenvalue weighted by molar-refractivity contribution is 5.93. The Kier molecular flexibility index (Phi) is 3.10. The van der Waals surface area contributed by atoms with Crippen molar-refractivity contribution in [3.63, 3.8) is 0 Å². The molecule has 2 amide bonds. The number of hydrogen-bond acceptors (Lipinski definition) is 3. The molecule has 114 valence electrons. The Bertz CT molecular complexity index is 735. The Morgan fingerprint density at radius 1 is 1.32 bits per heavy atom. The Labute approximate surface area is 128 Å².